The minimum absolute atomic E-state index is 0. The monoisotopic (exact) mass is 292 g/mol. The molecule has 1 atom stereocenters. The van der Waals surface area contributed by atoms with Crippen LogP contribution in [0.4, 0.5) is 8.78 Å². The average molecular weight is 293 g/mol. The number of hydrogen-bond acceptors (Lipinski definition) is 3. The SMILES string of the molecule is Cl.N[C@@H]1CCCCN1Cc1cccc(OC(F)F)c1. The van der Waals surface area contributed by atoms with Crippen molar-refractivity contribution >= 4 is 12.4 Å². The van der Waals surface area contributed by atoms with Gasteiger partial charge in [-0.3, -0.25) is 4.90 Å². The predicted molar refractivity (Wildman–Crippen MR) is 72.6 cm³/mol. The van der Waals surface area contributed by atoms with Crippen LogP contribution in [0.5, 0.6) is 5.75 Å². The smallest absolute Gasteiger partial charge is 0.387 e. The highest BCUT2D eigenvalue weighted by molar-refractivity contribution is 5.85. The maximum Gasteiger partial charge on any atom is 0.387 e. The van der Waals surface area contributed by atoms with E-state index in [4.69, 9.17) is 5.73 Å². The summed E-state index contributed by atoms with van der Waals surface area (Å²) in [4.78, 5) is 2.17. The standard InChI is InChI=1S/C13H18F2N2O.ClH/c14-13(15)18-11-5-3-4-10(8-11)9-17-7-2-1-6-12(17)16;/h3-5,8,12-13H,1-2,6-7,9,16H2;1H/t12-;/m0./s1. The molecule has 2 rings (SSSR count). The highest BCUT2D eigenvalue weighted by atomic mass is 35.5. The van der Waals surface area contributed by atoms with Crippen molar-refractivity contribution in [2.24, 2.45) is 5.73 Å². The summed E-state index contributed by atoms with van der Waals surface area (Å²) in [6.45, 7) is -1.14. The topological polar surface area (TPSA) is 38.5 Å². The van der Waals surface area contributed by atoms with E-state index >= 15 is 0 Å². The first-order chi connectivity index (χ1) is 8.65. The normalized spacial score (nSPS) is 20.1. The Kier molecular flexibility index (Phi) is 6.48. The van der Waals surface area contributed by atoms with Crippen LogP contribution >= 0.6 is 12.4 Å². The van der Waals surface area contributed by atoms with Crippen LogP contribution in [0, 0.1) is 0 Å². The number of halogens is 3. The van der Waals surface area contributed by atoms with Crippen LogP contribution in [0.1, 0.15) is 24.8 Å². The number of ether oxygens (including phenoxy) is 1. The van der Waals surface area contributed by atoms with Crippen LogP contribution in [-0.4, -0.2) is 24.2 Å². The first kappa shape index (κ1) is 16.1. The molecule has 0 unspecified atom stereocenters. The fraction of sp³-hybridized carbons (Fsp3) is 0.538. The van der Waals surface area contributed by atoms with Crippen molar-refractivity contribution in [2.75, 3.05) is 6.54 Å². The lowest BCUT2D eigenvalue weighted by Gasteiger charge is -2.33. The molecule has 0 radical (unpaired) electrons. The molecule has 1 aliphatic rings. The summed E-state index contributed by atoms with van der Waals surface area (Å²) in [5, 5.41) is 0. The Morgan fingerprint density at radius 3 is 2.84 bits per heavy atom. The third-order valence-electron chi connectivity index (χ3n) is 3.17. The molecule has 0 saturated carbocycles. The molecule has 0 amide bonds. The lowest BCUT2D eigenvalue weighted by Crippen LogP contribution is -2.44. The predicted octanol–water partition coefficient (Wildman–Crippen LogP) is 2.98. The maximum atomic E-state index is 12.1. The van der Waals surface area contributed by atoms with Crippen molar-refractivity contribution in [1.82, 2.24) is 4.90 Å². The molecule has 108 valence electrons. The average Bonchev–Trinajstić information content (AvgIpc) is 2.32. The third kappa shape index (κ3) is 4.93. The van der Waals surface area contributed by atoms with Crippen LogP contribution in [0.3, 0.4) is 0 Å². The van der Waals surface area contributed by atoms with E-state index in [1.54, 1.807) is 12.1 Å². The van der Waals surface area contributed by atoms with Crippen LogP contribution in [-0.2, 0) is 6.54 Å². The van der Waals surface area contributed by atoms with Crippen molar-refractivity contribution in [3.63, 3.8) is 0 Å². The zero-order valence-corrected chi connectivity index (χ0v) is 11.4. The van der Waals surface area contributed by atoms with E-state index in [1.165, 1.54) is 6.07 Å². The minimum atomic E-state index is -2.78. The number of benzene rings is 1. The van der Waals surface area contributed by atoms with E-state index in [0.29, 0.717) is 6.54 Å². The number of hydrogen-bond donors (Lipinski definition) is 1. The first-order valence-electron chi connectivity index (χ1n) is 6.18. The molecule has 1 aromatic rings. The molecule has 1 heterocycles. The van der Waals surface area contributed by atoms with E-state index in [0.717, 1.165) is 31.4 Å². The van der Waals surface area contributed by atoms with Crippen LogP contribution in [0.25, 0.3) is 0 Å². The third-order valence-corrected chi connectivity index (χ3v) is 3.17. The largest absolute Gasteiger partial charge is 0.435 e. The van der Waals surface area contributed by atoms with Crippen molar-refractivity contribution in [3.8, 4) is 5.75 Å². The van der Waals surface area contributed by atoms with Gasteiger partial charge in [-0.25, -0.2) is 0 Å². The Balaban J connectivity index is 0.00000180. The Labute approximate surface area is 118 Å². The van der Waals surface area contributed by atoms with E-state index < -0.39 is 6.61 Å². The molecule has 0 spiro atoms. The zero-order chi connectivity index (χ0) is 13.0. The van der Waals surface area contributed by atoms with Gasteiger partial charge < -0.3 is 10.5 Å². The quantitative estimate of drug-likeness (QED) is 0.927. The number of piperidine rings is 1. The van der Waals surface area contributed by atoms with Gasteiger partial charge in [0.05, 0.1) is 6.17 Å². The number of rotatable bonds is 4. The lowest BCUT2D eigenvalue weighted by molar-refractivity contribution is -0.0499. The molecular weight excluding hydrogens is 274 g/mol. The van der Waals surface area contributed by atoms with Gasteiger partial charge in [-0.2, -0.15) is 8.78 Å². The van der Waals surface area contributed by atoms with Gasteiger partial charge in [-0.1, -0.05) is 12.1 Å². The summed E-state index contributed by atoms with van der Waals surface area (Å²) in [5.74, 6) is 0.202. The van der Waals surface area contributed by atoms with E-state index in [2.05, 4.69) is 9.64 Å². The summed E-state index contributed by atoms with van der Waals surface area (Å²) in [6, 6.07) is 6.81. The lowest BCUT2D eigenvalue weighted by atomic mass is 10.1. The van der Waals surface area contributed by atoms with Crippen LogP contribution in [0.2, 0.25) is 0 Å². The molecule has 3 nitrogen and oxygen atoms in total. The molecule has 19 heavy (non-hydrogen) atoms. The number of alkyl halides is 2. The number of nitrogens with two attached hydrogens (primary N) is 1. The first-order valence-corrected chi connectivity index (χ1v) is 6.18. The van der Waals surface area contributed by atoms with Gasteiger partial charge in [0.2, 0.25) is 0 Å². The fourth-order valence-corrected chi connectivity index (χ4v) is 2.27. The summed E-state index contributed by atoms with van der Waals surface area (Å²) in [7, 11) is 0. The molecule has 1 aromatic carbocycles. The summed E-state index contributed by atoms with van der Waals surface area (Å²) < 4.78 is 28.6. The van der Waals surface area contributed by atoms with Crippen molar-refractivity contribution in [3.05, 3.63) is 29.8 Å². The van der Waals surface area contributed by atoms with E-state index in [9.17, 15) is 8.78 Å². The second-order valence-corrected chi connectivity index (χ2v) is 4.56. The Morgan fingerprint density at radius 1 is 1.37 bits per heavy atom. The van der Waals surface area contributed by atoms with Gasteiger partial charge in [0, 0.05) is 6.54 Å². The van der Waals surface area contributed by atoms with Gasteiger partial charge >= 0.3 is 6.61 Å². The molecule has 1 saturated heterocycles. The fourth-order valence-electron chi connectivity index (χ4n) is 2.27. The van der Waals surface area contributed by atoms with Gasteiger partial charge in [-0.05, 0) is 43.5 Å². The Morgan fingerprint density at radius 2 is 2.16 bits per heavy atom. The van der Waals surface area contributed by atoms with Crippen LogP contribution < -0.4 is 10.5 Å². The second kappa shape index (κ2) is 7.62. The molecule has 6 heteroatoms. The molecule has 0 bridgehead atoms. The zero-order valence-electron chi connectivity index (χ0n) is 10.6. The van der Waals surface area contributed by atoms with Crippen molar-refractivity contribution in [2.45, 2.75) is 38.6 Å². The molecule has 0 aromatic heterocycles. The van der Waals surface area contributed by atoms with Crippen molar-refractivity contribution < 1.29 is 13.5 Å². The molecule has 0 aliphatic carbocycles. The second-order valence-electron chi connectivity index (χ2n) is 4.56. The number of nitrogens with zero attached hydrogens (tertiary/aromatic N) is 1. The van der Waals surface area contributed by atoms with E-state index in [1.807, 2.05) is 6.07 Å². The number of likely N-dealkylation sites (tertiary alicyclic amines) is 1. The highest BCUT2D eigenvalue weighted by Crippen LogP contribution is 2.20. The van der Waals surface area contributed by atoms with Gasteiger partial charge in [0.25, 0.3) is 0 Å². The summed E-state index contributed by atoms with van der Waals surface area (Å²) in [6.07, 6.45) is 3.36. The maximum absolute atomic E-state index is 12.1. The van der Waals surface area contributed by atoms with Gasteiger partial charge in [0.1, 0.15) is 5.75 Å². The van der Waals surface area contributed by atoms with Gasteiger partial charge in [-0.15, -0.1) is 12.4 Å². The summed E-state index contributed by atoms with van der Waals surface area (Å²) >= 11 is 0. The van der Waals surface area contributed by atoms with Gasteiger partial charge in [0.15, 0.2) is 0 Å². The Hall–Kier alpha value is -0.910. The van der Waals surface area contributed by atoms with Crippen LogP contribution in [0.15, 0.2) is 24.3 Å². The molecule has 2 N–H and O–H groups in total. The Bertz CT molecular complexity index is 393. The highest BCUT2D eigenvalue weighted by Gasteiger charge is 2.18. The summed E-state index contributed by atoms with van der Waals surface area (Å²) in [5.41, 5.74) is 6.97. The van der Waals surface area contributed by atoms with Crippen molar-refractivity contribution in [1.29, 1.82) is 0 Å². The molecule has 1 fully saturated rings. The minimum Gasteiger partial charge on any atom is -0.435 e. The van der Waals surface area contributed by atoms with E-state index in [-0.39, 0.29) is 24.3 Å². The molecular formula is C13H19ClF2N2O. The molecule has 1 aliphatic heterocycles.